The summed E-state index contributed by atoms with van der Waals surface area (Å²) in [6.45, 7) is 0.0890. The van der Waals surface area contributed by atoms with Crippen molar-refractivity contribution in [3.8, 4) is 0 Å². The predicted molar refractivity (Wildman–Crippen MR) is 64.1 cm³/mol. The zero-order valence-electron chi connectivity index (χ0n) is 9.90. The molecule has 1 aromatic heterocycles. The number of nitrogens with zero attached hydrogens (tertiary/aromatic N) is 2. The quantitative estimate of drug-likeness (QED) is 0.306. The molecule has 2 rings (SSSR count). The van der Waals surface area contributed by atoms with Crippen LogP contribution in [0.15, 0.2) is 54.9 Å². The van der Waals surface area contributed by atoms with E-state index in [0.717, 1.165) is 0 Å². The van der Waals surface area contributed by atoms with E-state index in [2.05, 4.69) is 0 Å². The van der Waals surface area contributed by atoms with Gasteiger partial charge in [0.15, 0.2) is 12.4 Å². The molecule has 98 valence electrons. The number of halogens is 1. The summed E-state index contributed by atoms with van der Waals surface area (Å²) in [6.07, 6.45) is 3.49. The Hall–Kier alpha value is -2.08. The van der Waals surface area contributed by atoms with E-state index in [1.807, 2.05) is 6.07 Å². The van der Waals surface area contributed by atoms with Crippen molar-refractivity contribution in [3.63, 3.8) is 0 Å². The molecule has 0 unspecified atom stereocenters. The second-order valence-electron chi connectivity index (χ2n) is 3.75. The van der Waals surface area contributed by atoms with E-state index in [1.54, 1.807) is 41.2 Å². The molecule has 1 aromatic carbocycles. The van der Waals surface area contributed by atoms with E-state index in [1.165, 1.54) is 12.1 Å². The molecule has 6 heteroatoms. The topological polar surface area (TPSA) is 64.1 Å². The summed E-state index contributed by atoms with van der Waals surface area (Å²) in [5.41, 5.74) is -0.0158. The van der Waals surface area contributed by atoms with Crippen LogP contribution in [-0.4, -0.2) is 10.7 Å². The highest BCUT2D eigenvalue weighted by atomic mass is 79.9. The number of hydrogen-bond acceptors (Lipinski definition) is 3. The van der Waals surface area contributed by atoms with Crippen molar-refractivity contribution < 1.29 is 31.3 Å². The van der Waals surface area contributed by atoms with E-state index in [4.69, 9.17) is 0 Å². The molecule has 0 spiro atoms. The SMILES string of the molecule is O=C(C[n+]1ccccc1)c1ccccc1[N+](=O)[O-].[Br-]. The molecular weight excluding hydrogens is 312 g/mol. The first-order valence-electron chi connectivity index (χ1n) is 5.39. The van der Waals surface area contributed by atoms with Crippen LogP contribution in [0.3, 0.4) is 0 Å². The molecule has 0 aliphatic rings. The third kappa shape index (κ3) is 3.69. The van der Waals surface area contributed by atoms with Gasteiger partial charge < -0.3 is 17.0 Å². The van der Waals surface area contributed by atoms with Crippen molar-refractivity contribution in [3.05, 3.63) is 70.5 Å². The minimum absolute atomic E-state index is 0. The van der Waals surface area contributed by atoms with Crippen molar-refractivity contribution >= 4 is 11.5 Å². The van der Waals surface area contributed by atoms with Gasteiger partial charge in [0.05, 0.1) is 4.92 Å². The first-order valence-corrected chi connectivity index (χ1v) is 5.39. The summed E-state index contributed by atoms with van der Waals surface area (Å²) in [7, 11) is 0. The molecule has 2 aromatic rings. The van der Waals surface area contributed by atoms with Crippen molar-refractivity contribution in [2.75, 3.05) is 0 Å². The van der Waals surface area contributed by atoms with Gasteiger partial charge in [-0.1, -0.05) is 18.2 Å². The van der Waals surface area contributed by atoms with Crippen LogP contribution < -0.4 is 21.5 Å². The van der Waals surface area contributed by atoms with Crippen LogP contribution in [0.25, 0.3) is 0 Å². The average molecular weight is 323 g/mol. The molecule has 0 amide bonds. The smallest absolute Gasteiger partial charge is 0.280 e. The number of pyridine rings is 1. The number of para-hydroxylation sites is 1. The lowest BCUT2D eigenvalue weighted by Crippen LogP contribution is -3.00. The lowest BCUT2D eigenvalue weighted by molar-refractivity contribution is -0.683. The zero-order valence-corrected chi connectivity index (χ0v) is 11.5. The molecule has 0 N–H and O–H groups in total. The van der Waals surface area contributed by atoms with Gasteiger partial charge in [0.2, 0.25) is 12.3 Å². The predicted octanol–water partition coefficient (Wildman–Crippen LogP) is -1.23. The number of ketones is 1. The van der Waals surface area contributed by atoms with Crippen LogP contribution in [0.5, 0.6) is 0 Å². The Labute approximate surface area is 120 Å². The number of benzene rings is 1. The minimum Gasteiger partial charge on any atom is -1.00 e. The van der Waals surface area contributed by atoms with Gasteiger partial charge in [-0.05, 0) is 6.07 Å². The Morgan fingerprint density at radius 1 is 1.11 bits per heavy atom. The van der Waals surface area contributed by atoms with Crippen molar-refractivity contribution in [1.82, 2.24) is 0 Å². The second kappa shape index (κ2) is 6.75. The highest BCUT2D eigenvalue weighted by Gasteiger charge is 2.21. The van der Waals surface area contributed by atoms with Gasteiger partial charge in [-0.25, -0.2) is 0 Å². The first-order chi connectivity index (χ1) is 8.68. The second-order valence-corrected chi connectivity index (χ2v) is 3.75. The summed E-state index contributed by atoms with van der Waals surface area (Å²) >= 11 is 0. The maximum absolute atomic E-state index is 12.0. The Bertz CT molecular complexity index is 587. The van der Waals surface area contributed by atoms with Gasteiger partial charge in [-0.3, -0.25) is 14.9 Å². The maximum atomic E-state index is 12.0. The van der Waals surface area contributed by atoms with E-state index < -0.39 is 4.92 Å². The van der Waals surface area contributed by atoms with Crippen LogP contribution in [0.1, 0.15) is 10.4 Å². The molecule has 0 bridgehead atoms. The lowest BCUT2D eigenvalue weighted by Gasteiger charge is -1.99. The Morgan fingerprint density at radius 2 is 1.74 bits per heavy atom. The molecule has 0 saturated heterocycles. The molecule has 0 saturated carbocycles. The summed E-state index contributed by atoms with van der Waals surface area (Å²) in [5, 5.41) is 10.8. The van der Waals surface area contributed by atoms with E-state index in [-0.39, 0.29) is 40.6 Å². The van der Waals surface area contributed by atoms with E-state index in [9.17, 15) is 14.9 Å². The largest absolute Gasteiger partial charge is 1.00 e. The molecule has 0 fully saturated rings. The van der Waals surface area contributed by atoms with Crippen LogP contribution in [0.2, 0.25) is 0 Å². The Morgan fingerprint density at radius 3 is 2.37 bits per heavy atom. The summed E-state index contributed by atoms with van der Waals surface area (Å²) in [4.78, 5) is 22.3. The summed E-state index contributed by atoms with van der Waals surface area (Å²) < 4.78 is 1.68. The highest BCUT2D eigenvalue weighted by molar-refractivity contribution is 5.98. The standard InChI is InChI=1S/C13H11N2O3.BrH/c16-13(10-14-8-4-1-5-9-14)11-6-2-3-7-12(11)15(17)18;/h1-9H,10H2;1H/q+1;/p-1. The van der Waals surface area contributed by atoms with Crippen molar-refractivity contribution in [2.24, 2.45) is 0 Å². The lowest BCUT2D eigenvalue weighted by atomic mass is 10.1. The fourth-order valence-corrected chi connectivity index (χ4v) is 1.66. The number of carbonyl (C=O) groups excluding carboxylic acids is 1. The zero-order chi connectivity index (χ0) is 13.0. The number of aromatic nitrogens is 1. The van der Waals surface area contributed by atoms with Gasteiger partial charge in [0.25, 0.3) is 5.69 Å². The third-order valence-electron chi connectivity index (χ3n) is 2.50. The normalized spacial score (nSPS) is 9.47. The molecule has 0 aliphatic heterocycles. The fourth-order valence-electron chi connectivity index (χ4n) is 1.66. The Kier molecular flexibility index (Phi) is 5.32. The van der Waals surface area contributed by atoms with E-state index in [0.29, 0.717) is 0 Å². The Balaban J connectivity index is 0.00000180. The van der Waals surface area contributed by atoms with Gasteiger partial charge >= 0.3 is 0 Å². The molecule has 5 nitrogen and oxygen atoms in total. The molecule has 0 radical (unpaired) electrons. The molecule has 0 aliphatic carbocycles. The molecule has 0 atom stereocenters. The molecule has 19 heavy (non-hydrogen) atoms. The number of rotatable bonds is 4. The van der Waals surface area contributed by atoms with Gasteiger partial charge in [0.1, 0.15) is 5.56 Å². The van der Waals surface area contributed by atoms with E-state index >= 15 is 0 Å². The number of Topliss-reactive ketones (excluding diaryl/α,β-unsaturated/α-hetero) is 1. The number of carbonyl (C=O) groups is 1. The van der Waals surface area contributed by atoms with Crippen LogP contribution in [0, 0.1) is 10.1 Å². The van der Waals surface area contributed by atoms with Gasteiger partial charge in [0, 0.05) is 18.2 Å². The number of nitro groups is 1. The number of hydrogen-bond donors (Lipinski definition) is 0. The first kappa shape index (κ1) is 15.0. The fraction of sp³-hybridized carbons (Fsp3) is 0.0769. The van der Waals surface area contributed by atoms with Crippen molar-refractivity contribution in [2.45, 2.75) is 6.54 Å². The molecule has 1 heterocycles. The van der Waals surface area contributed by atoms with Crippen molar-refractivity contribution in [1.29, 1.82) is 0 Å². The third-order valence-corrected chi connectivity index (χ3v) is 2.50. The minimum atomic E-state index is -0.539. The summed E-state index contributed by atoms with van der Waals surface area (Å²) in [5.74, 6) is -0.279. The van der Waals surface area contributed by atoms with Crippen LogP contribution >= 0.6 is 0 Å². The van der Waals surface area contributed by atoms with Crippen LogP contribution in [0.4, 0.5) is 5.69 Å². The highest BCUT2D eigenvalue weighted by Crippen LogP contribution is 2.17. The number of nitro benzene ring substituents is 1. The monoisotopic (exact) mass is 322 g/mol. The average Bonchev–Trinajstić information content (AvgIpc) is 2.40. The molecular formula is C13H11BrN2O3. The summed E-state index contributed by atoms with van der Waals surface area (Å²) in [6, 6.07) is 11.4. The van der Waals surface area contributed by atoms with Crippen LogP contribution in [-0.2, 0) is 6.54 Å². The maximum Gasteiger partial charge on any atom is 0.280 e. The van der Waals surface area contributed by atoms with Gasteiger partial charge in [-0.2, -0.15) is 4.57 Å². The van der Waals surface area contributed by atoms with Gasteiger partial charge in [-0.15, -0.1) is 0 Å².